The lowest BCUT2D eigenvalue weighted by Gasteiger charge is -2.25. The van der Waals surface area contributed by atoms with Gasteiger partial charge in [-0.05, 0) is 36.6 Å². The average Bonchev–Trinajstić information content (AvgIpc) is 2.35. The van der Waals surface area contributed by atoms with Crippen LogP contribution in [0.1, 0.15) is 5.56 Å². The summed E-state index contributed by atoms with van der Waals surface area (Å²) < 4.78 is 18.0. The molecule has 0 saturated carbocycles. The molecule has 0 aliphatic carbocycles. The molecule has 0 bridgehead atoms. The zero-order chi connectivity index (χ0) is 15.0. The molecule has 0 aliphatic rings. The zero-order valence-electron chi connectivity index (χ0n) is 13.2. The Kier molecular flexibility index (Phi) is 7.41. The Bertz CT molecular complexity index is 375. The van der Waals surface area contributed by atoms with Crippen LogP contribution in [0.4, 0.5) is 4.39 Å². The summed E-state index contributed by atoms with van der Waals surface area (Å²) in [6.07, 6.45) is 1.02. The molecule has 2 nitrogen and oxygen atoms in total. The highest BCUT2D eigenvalue weighted by molar-refractivity contribution is 6.76. The Morgan fingerprint density at radius 3 is 2.40 bits per heavy atom. The highest BCUT2D eigenvalue weighted by atomic mass is 28.3. The molecule has 1 unspecified atom stereocenters. The minimum Gasteiger partial charge on any atom is -0.383 e. The van der Waals surface area contributed by atoms with Crippen molar-refractivity contribution in [2.75, 3.05) is 26.8 Å². The van der Waals surface area contributed by atoms with Gasteiger partial charge in [0.1, 0.15) is 5.82 Å². The van der Waals surface area contributed by atoms with Crippen LogP contribution >= 0.6 is 0 Å². The number of halogens is 1. The van der Waals surface area contributed by atoms with Gasteiger partial charge in [-0.2, -0.15) is 0 Å². The van der Waals surface area contributed by atoms with E-state index >= 15 is 0 Å². The fourth-order valence-corrected chi connectivity index (χ4v) is 4.54. The predicted molar refractivity (Wildman–Crippen MR) is 86.5 cm³/mol. The normalized spacial score (nSPS) is 13.4. The van der Waals surface area contributed by atoms with Gasteiger partial charge in [0.05, 0.1) is 6.61 Å². The molecule has 114 valence electrons. The first kappa shape index (κ1) is 17.3. The Morgan fingerprint density at radius 2 is 1.85 bits per heavy atom. The molecule has 0 heterocycles. The van der Waals surface area contributed by atoms with E-state index in [1.165, 1.54) is 11.6 Å². The van der Waals surface area contributed by atoms with Crippen molar-refractivity contribution in [1.82, 2.24) is 5.32 Å². The van der Waals surface area contributed by atoms with Gasteiger partial charge in [0, 0.05) is 21.7 Å². The average molecular weight is 297 g/mol. The molecule has 1 aromatic carbocycles. The largest absolute Gasteiger partial charge is 0.383 e. The maximum atomic E-state index is 13.0. The van der Waals surface area contributed by atoms with E-state index in [1.54, 1.807) is 19.2 Å². The van der Waals surface area contributed by atoms with E-state index in [-0.39, 0.29) is 5.82 Å². The summed E-state index contributed by atoms with van der Waals surface area (Å²) in [5.74, 6) is 0.456. The van der Waals surface area contributed by atoms with Gasteiger partial charge in [-0.3, -0.25) is 0 Å². The van der Waals surface area contributed by atoms with Crippen molar-refractivity contribution >= 4 is 8.07 Å². The second-order valence-electron chi connectivity index (χ2n) is 6.66. The van der Waals surface area contributed by atoms with Crippen molar-refractivity contribution in [3.05, 3.63) is 35.6 Å². The van der Waals surface area contributed by atoms with Crippen molar-refractivity contribution in [2.24, 2.45) is 5.92 Å². The van der Waals surface area contributed by atoms with Gasteiger partial charge >= 0.3 is 0 Å². The fraction of sp³-hybridized carbons (Fsp3) is 0.625. The summed E-state index contributed by atoms with van der Waals surface area (Å²) in [5, 5.41) is 3.46. The zero-order valence-corrected chi connectivity index (χ0v) is 14.2. The van der Waals surface area contributed by atoms with E-state index in [2.05, 4.69) is 25.0 Å². The van der Waals surface area contributed by atoms with Crippen LogP contribution < -0.4 is 5.32 Å². The lowest BCUT2D eigenvalue weighted by Crippen LogP contribution is -2.33. The lowest BCUT2D eigenvalue weighted by atomic mass is 10.0. The predicted octanol–water partition coefficient (Wildman–Crippen LogP) is 3.56. The fourth-order valence-electron chi connectivity index (χ4n) is 2.52. The Hall–Kier alpha value is -0.713. The smallest absolute Gasteiger partial charge is 0.123 e. The van der Waals surface area contributed by atoms with Crippen molar-refractivity contribution in [2.45, 2.75) is 32.1 Å². The van der Waals surface area contributed by atoms with Gasteiger partial charge in [-0.15, -0.1) is 0 Å². The number of hydrogen-bond donors (Lipinski definition) is 1. The molecule has 1 aromatic rings. The van der Waals surface area contributed by atoms with E-state index < -0.39 is 8.07 Å². The number of nitrogens with one attached hydrogen (secondary N) is 1. The summed E-state index contributed by atoms with van der Waals surface area (Å²) in [6, 6.07) is 8.20. The third-order valence-corrected chi connectivity index (χ3v) is 5.06. The minimum atomic E-state index is -1.10. The van der Waals surface area contributed by atoms with E-state index in [4.69, 9.17) is 4.74 Å². The molecule has 0 aromatic heterocycles. The van der Waals surface area contributed by atoms with Crippen LogP contribution in [0.25, 0.3) is 0 Å². The van der Waals surface area contributed by atoms with Crippen LogP contribution in [0.3, 0.4) is 0 Å². The molecule has 0 spiro atoms. The third-order valence-electron chi connectivity index (χ3n) is 3.25. The maximum Gasteiger partial charge on any atom is 0.123 e. The molecular weight excluding hydrogens is 269 g/mol. The number of hydrogen-bond acceptors (Lipinski definition) is 2. The summed E-state index contributed by atoms with van der Waals surface area (Å²) in [5.41, 5.74) is 1.23. The van der Waals surface area contributed by atoms with Gasteiger partial charge in [-0.25, -0.2) is 4.39 Å². The summed E-state index contributed by atoms with van der Waals surface area (Å²) in [4.78, 5) is 0. The van der Waals surface area contributed by atoms with Crippen LogP contribution in [0.15, 0.2) is 24.3 Å². The maximum absolute atomic E-state index is 13.0. The third kappa shape index (κ3) is 7.77. The van der Waals surface area contributed by atoms with Gasteiger partial charge in [0.15, 0.2) is 0 Å². The molecule has 0 amide bonds. The van der Waals surface area contributed by atoms with Crippen molar-refractivity contribution in [3.63, 3.8) is 0 Å². The molecule has 1 atom stereocenters. The summed E-state index contributed by atoms with van der Waals surface area (Å²) in [6.45, 7) is 9.85. The molecule has 1 rings (SSSR count). The van der Waals surface area contributed by atoms with E-state index in [0.717, 1.165) is 26.1 Å². The number of rotatable bonds is 9. The Balaban J connectivity index is 2.54. The van der Waals surface area contributed by atoms with Crippen molar-refractivity contribution < 1.29 is 9.13 Å². The Morgan fingerprint density at radius 1 is 1.20 bits per heavy atom. The molecule has 4 heteroatoms. The molecule has 0 aliphatic heterocycles. The number of methoxy groups -OCH3 is 1. The summed E-state index contributed by atoms with van der Waals surface area (Å²) >= 11 is 0. The lowest BCUT2D eigenvalue weighted by molar-refractivity contribution is 0.198. The number of ether oxygens (including phenoxy) is 1. The SMILES string of the molecule is COCCNCC(Cc1ccc(F)cc1)C[Si](C)(C)C. The van der Waals surface area contributed by atoms with E-state index in [0.29, 0.717) is 5.92 Å². The molecule has 20 heavy (non-hydrogen) atoms. The van der Waals surface area contributed by atoms with Gasteiger partial charge in [-0.1, -0.05) is 37.8 Å². The summed E-state index contributed by atoms with van der Waals surface area (Å²) in [7, 11) is 0.623. The Labute approximate surface area is 123 Å². The van der Waals surface area contributed by atoms with E-state index in [9.17, 15) is 4.39 Å². The number of benzene rings is 1. The molecular formula is C16H28FNOSi. The molecule has 0 fully saturated rings. The van der Waals surface area contributed by atoms with Crippen LogP contribution in [0.2, 0.25) is 25.7 Å². The van der Waals surface area contributed by atoms with Crippen molar-refractivity contribution in [3.8, 4) is 0 Å². The molecule has 0 saturated heterocycles. The second-order valence-corrected chi connectivity index (χ2v) is 12.2. The van der Waals surface area contributed by atoms with Crippen LogP contribution in [0, 0.1) is 11.7 Å². The van der Waals surface area contributed by atoms with Gasteiger partial charge in [0.2, 0.25) is 0 Å². The van der Waals surface area contributed by atoms with E-state index in [1.807, 2.05) is 12.1 Å². The van der Waals surface area contributed by atoms with Crippen LogP contribution in [-0.4, -0.2) is 34.9 Å². The second kappa shape index (κ2) is 8.55. The first-order chi connectivity index (χ1) is 9.40. The minimum absolute atomic E-state index is 0.159. The first-order valence-electron chi connectivity index (χ1n) is 7.35. The topological polar surface area (TPSA) is 21.3 Å². The van der Waals surface area contributed by atoms with Gasteiger partial charge in [0.25, 0.3) is 0 Å². The van der Waals surface area contributed by atoms with Crippen LogP contribution in [0.5, 0.6) is 0 Å². The highest BCUT2D eigenvalue weighted by Gasteiger charge is 2.20. The molecule has 0 radical (unpaired) electrons. The first-order valence-corrected chi connectivity index (χ1v) is 11.1. The highest BCUT2D eigenvalue weighted by Crippen LogP contribution is 2.20. The monoisotopic (exact) mass is 297 g/mol. The van der Waals surface area contributed by atoms with Crippen LogP contribution in [-0.2, 0) is 11.2 Å². The van der Waals surface area contributed by atoms with Gasteiger partial charge < -0.3 is 10.1 Å². The quantitative estimate of drug-likeness (QED) is 0.556. The standard InChI is InChI=1S/C16H28FNOSi/c1-19-10-9-18-12-15(13-20(2,3)4)11-14-5-7-16(17)8-6-14/h5-8,15,18H,9-13H2,1-4H3. The molecule has 1 N–H and O–H groups in total. The van der Waals surface area contributed by atoms with Crippen molar-refractivity contribution in [1.29, 1.82) is 0 Å².